The lowest BCUT2D eigenvalue weighted by atomic mass is 10.2. The van der Waals surface area contributed by atoms with Gasteiger partial charge in [-0.2, -0.15) is 19.8 Å². The minimum Gasteiger partial charge on any atom is -0.226 e. The maximum Gasteiger partial charge on any atom is 0.209 e. The SMILES string of the molecule is Clc1cccc(-n2ncc(-c3nnn(Cc4ccccc4)n3)c2SSc2c(-c3nnn(Cc4ccccc4)n3)cnn2-c2cccc(Cl)c2)c1. The standard InChI is InChI=1S/C34H24Cl2N12S2/c35-25-13-7-15-27(17-25)47-33(29(19-37-47)31-39-43-45(41-31)21-23-9-3-1-4-10-23)49-50-34-30(20-38-48(34)28-16-8-14-26(36)18-28)32-40-44-46(42-32)22-24-11-5-2-6-12-24/h1-20H,21-22H2. The van der Waals surface area contributed by atoms with Crippen LogP contribution in [-0.2, 0) is 13.1 Å². The summed E-state index contributed by atoms with van der Waals surface area (Å²) in [6, 6.07) is 34.9. The molecule has 0 fully saturated rings. The molecule has 0 atom stereocenters. The number of halogens is 2. The molecular formula is C34H24Cl2N12S2. The molecule has 0 unspecified atom stereocenters. The molecule has 0 spiro atoms. The summed E-state index contributed by atoms with van der Waals surface area (Å²) in [5.41, 5.74) is 5.07. The molecule has 16 heteroatoms. The molecule has 4 aromatic heterocycles. The van der Waals surface area contributed by atoms with Gasteiger partial charge in [0.05, 0.1) is 48.0 Å². The van der Waals surface area contributed by atoms with Crippen LogP contribution in [0.15, 0.2) is 132 Å². The summed E-state index contributed by atoms with van der Waals surface area (Å²) >= 11 is 12.8. The lowest BCUT2D eigenvalue weighted by Crippen LogP contribution is -2.03. The Bertz CT molecular complexity index is 2220. The van der Waals surface area contributed by atoms with Crippen molar-refractivity contribution < 1.29 is 0 Å². The van der Waals surface area contributed by atoms with E-state index in [0.29, 0.717) is 45.9 Å². The Labute approximate surface area is 303 Å². The fourth-order valence-corrected chi connectivity index (χ4v) is 8.01. The molecule has 0 radical (unpaired) electrons. The number of tetrazole rings is 2. The molecule has 12 nitrogen and oxygen atoms in total. The van der Waals surface area contributed by atoms with Crippen molar-refractivity contribution in [2.24, 2.45) is 0 Å². The van der Waals surface area contributed by atoms with E-state index in [-0.39, 0.29) is 0 Å². The van der Waals surface area contributed by atoms with Crippen LogP contribution in [0.5, 0.6) is 0 Å². The highest BCUT2D eigenvalue weighted by Crippen LogP contribution is 2.46. The molecule has 0 saturated carbocycles. The summed E-state index contributed by atoms with van der Waals surface area (Å²) in [5.74, 6) is 0.873. The fraction of sp³-hybridized carbons (Fsp3) is 0.0588. The molecule has 4 heterocycles. The zero-order chi connectivity index (χ0) is 33.9. The molecule has 0 aliphatic heterocycles. The van der Waals surface area contributed by atoms with Crippen LogP contribution in [0.2, 0.25) is 10.0 Å². The largest absolute Gasteiger partial charge is 0.226 e. The number of aromatic nitrogens is 12. The van der Waals surface area contributed by atoms with E-state index in [4.69, 9.17) is 43.6 Å². The van der Waals surface area contributed by atoms with Gasteiger partial charge in [-0.3, -0.25) is 0 Å². The molecule has 0 aliphatic rings. The predicted octanol–water partition coefficient (Wildman–Crippen LogP) is 7.57. The maximum atomic E-state index is 6.42. The molecular weight excluding hydrogens is 711 g/mol. The van der Waals surface area contributed by atoms with E-state index in [1.54, 1.807) is 22.0 Å². The number of hydrogen-bond donors (Lipinski definition) is 0. The molecule has 0 saturated heterocycles. The molecule has 0 N–H and O–H groups in total. The van der Waals surface area contributed by atoms with Crippen molar-refractivity contribution in [2.75, 3.05) is 0 Å². The highest BCUT2D eigenvalue weighted by molar-refractivity contribution is 8.76. The van der Waals surface area contributed by atoms with Crippen molar-refractivity contribution in [3.63, 3.8) is 0 Å². The molecule has 8 rings (SSSR count). The minimum atomic E-state index is 0.436. The normalized spacial score (nSPS) is 11.3. The van der Waals surface area contributed by atoms with Crippen molar-refractivity contribution in [1.82, 2.24) is 60.0 Å². The zero-order valence-electron chi connectivity index (χ0n) is 25.9. The van der Waals surface area contributed by atoms with E-state index >= 15 is 0 Å². The average Bonchev–Trinajstić information content (AvgIpc) is 3.95. The van der Waals surface area contributed by atoms with Gasteiger partial charge in [0.2, 0.25) is 11.6 Å². The number of benzene rings is 4. The number of hydrogen-bond acceptors (Lipinski definition) is 10. The lowest BCUT2D eigenvalue weighted by Gasteiger charge is -2.11. The Balaban J connectivity index is 1.17. The van der Waals surface area contributed by atoms with Gasteiger partial charge in [0.15, 0.2) is 0 Å². The van der Waals surface area contributed by atoms with Gasteiger partial charge >= 0.3 is 0 Å². The van der Waals surface area contributed by atoms with E-state index in [1.807, 2.05) is 119 Å². The van der Waals surface area contributed by atoms with E-state index in [0.717, 1.165) is 32.6 Å². The van der Waals surface area contributed by atoms with Crippen LogP contribution in [0.4, 0.5) is 0 Å². The first-order chi connectivity index (χ1) is 24.6. The zero-order valence-corrected chi connectivity index (χ0v) is 29.0. The first-order valence-corrected chi connectivity index (χ1v) is 18.1. The third-order valence-corrected chi connectivity index (χ3v) is 10.3. The summed E-state index contributed by atoms with van der Waals surface area (Å²) in [4.78, 5) is 3.14. The van der Waals surface area contributed by atoms with Gasteiger partial charge in [0.1, 0.15) is 10.1 Å². The van der Waals surface area contributed by atoms with Gasteiger partial charge in [-0.1, -0.05) is 96.0 Å². The summed E-state index contributed by atoms with van der Waals surface area (Å²) < 4.78 is 3.62. The number of rotatable bonds is 11. The molecule has 50 heavy (non-hydrogen) atoms. The lowest BCUT2D eigenvalue weighted by molar-refractivity contribution is 0.573. The van der Waals surface area contributed by atoms with E-state index in [1.165, 1.54) is 21.6 Å². The highest BCUT2D eigenvalue weighted by atomic mass is 35.5. The van der Waals surface area contributed by atoms with E-state index in [9.17, 15) is 0 Å². The van der Waals surface area contributed by atoms with Crippen molar-refractivity contribution in [2.45, 2.75) is 23.1 Å². The van der Waals surface area contributed by atoms with Crippen LogP contribution >= 0.6 is 44.8 Å². The Kier molecular flexibility index (Phi) is 9.13. The van der Waals surface area contributed by atoms with Crippen LogP contribution < -0.4 is 0 Å². The van der Waals surface area contributed by atoms with E-state index in [2.05, 4.69) is 20.6 Å². The maximum absolute atomic E-state index is 6.42. The highest BCUT2D eigenvalue weighted by Gasteiger charge is 2.24. The quantitative estimate of drug-likeness (QED) is 0.123. The minimum absolute atomic E-state index is 0.436. The van der Waals surface area contributed by atoms with Gasteiger partial charge in [-0.05, 0) is 79.5 Å². The van der Waals surface area contributed by atoms with Crippen molar-refractivity contribution >= 4 is 44.8 Å². The molecule has 0 aliphatic carbocycles. The van der Waals surface area contributed by atoms with Gasteiger partial charge in [-0.25, -0.2) is 9.36 Å². The second kappa shape index (κ2) is 14.3. The van der Waals surface area contributed by atoms with Gasteiger partial charge in [-0.15, -0.1) is 20.4 Å². The Morgan fingerprint density at radius 3 is 1.38 bits per heavy atom. The smallest absolute Gasteiger partial charge is 0.209 e. The third-order valence-electron chi connectivity index (χ3n) is 7.48. The summed E-state index contributed by atoms with van der Waals surface area (Å²) in [6.45, 7) is 0.960. The summed E-state index contributed by atoms with van der Waals surface area (Å²) in [6.07, 6.45) is 3.47. The van der Waals surface area contributed by atoms with Crippen molar-refractivity contribution in [3.8, 4) is 34.2 Å². The van der Waals surface area contributed by atoms with Crippen LogP contribution in [0.1, 0.15) is 11.1 Å². The summed E-state index contributed by atoms with van der Waals surface area (Å²) in [7, 11) is 2.92. The third kappa shape index (κ3) is 6.91. The molecule has 0 amide bonds. The number of nitrogens with zero attached hydrogens (tertiary/aromatic N) is 12. The van der Waals surface area contributed by atoms with Gasteiger partial charge < -0.3 is 0 Å². The first-order valence-electron chi connectivity index (χ1n) is 15.2. The van der Waals surface area contributed by atoms with Crippen LogP contribution in [0.3, 0.4) is 0 Å². The molecule has 0 bridgehead atoms. The topological polar surface area (TPSA) is 123 Å². The average molecular weight is 736 g/mol. The Morgan fingerprint density at radius 1 is 0.520 bits per heavy atom. The Hall–Kier alpha value is -5.28. The molecule has 246 valence electrons. The van der Waals surface area contributed by atoms with Crippen LogP contribution in [0.25, 0.3) is 34.2 Å². The van der Waals surface area contributed by atoms with Crippen LogP contribution in [0, 0.1) is 0 Å². The molecule has 4 aromatic carbocycles. The summed E-state index contributed by atoms with van der Waals surface area (Å²) in [5, 5.41) is 39.1. The van der Waals surface area contributed by atoms with E-state index < -0.39 is 0 Å². The van der Waals surface area contributed by atoms with Crippen molar-refractivity contribution in [1.29, 1.82) is 0 Å². The molecule has 8 aromatic rings. The predicted molar refractivity (Wildman–Crippen MR) is 194 cm³/mol. The second-order valence-electron chi connectivity index (χ2n) is 10.9. The Morgan fingerprint density at radius 2 is 0.960 bits per heavy atom. The fourth-order valence-electron chi connectivity index (χ4n) is 5.13. The van der Waals surface area contributed by atoms with Gasteiger partial charge in [0.25, 0.3) is 0 Å². The van der Waals surface area contributed by atoms with Crippen LogP contribution in [-0.4, -0.2) is 60.0 Å². The van der Waals surface area contributed by atoms with Crippen molar-refractivity contribution in [3.05, 3.63) is 143 Å². The van der Waals surface area contributed by atoms with Gasteiger partial charge in [0, 0.05) is 10.0 Å². The monoisotopic (exact) mass is 734 g/mol. The second-order valence-corrected chi connectivity index (χ2v) is 13.9. The first kappa shape index (κ1) is 32.0.